The van der Waals surface area contributed by atoms with E-state index >= 15 is 0 Å². The van der Waals surface area contributed by atoms with Gasteiger partial charge in [0.15, 0.2) is 5.17 Å². The molecular formula is C20H20ClN3O3S. The van der Waals surface area contributed by atoms with E-state index in [2.05, 4.69) is 10.3 Å². The summed E-state index contributed by atoms with van der Waals surface area (Å²) in [4.78, 5) is 30.7. The summed E-state index contributed by atoms with van der Waals surface area (Å²) >= 11 is 7.14. The first-order valence-electron chi connectivity index (χ1n) is 8.77. The van der Waals surface area contributed by atoms with Gasteiger partial charge in [0, 0.05) is 24.2 Å². The number of imide groups is 1. The highest BCUT2D eigenvalue weighted by Gasteiger charge is 2.40. The van der Waals surface area contributed by atoms with E-state index in [0.717, 1.165) is 5.69 Å². The van der Waals surface area contributed by atoms with E-state index in [4.69, 9.17) is 16.3 Å². The summed E-state index contributed by atoms with van der Waals surface area (Å²) in [7, 11) is 1.64. The Bertz CT molecular complexity index is 885. The van der Waals surface area contributed by atoms with Gasteiger partial charge in [0.05, 0.1) is 12.3 Å². The molecule has 1 heterocycles. The molecule has 0 unspecified atom stereocenters. The fourth-order valence-corrected chi connectivity index (χ4v) is 3.86. The number of halogens is 1. The Morgan fingerprint density at radius 3 is 2.50 bits per heavy atom. The molecule has 2 aromatic carbocycles. The van der Waals surface area contributed by atoms with Crippen LogP contribution >= 0.6 is 23.4 Å². The van der Waals surface area contributed by atoms with Gasteiger partial charge < -0.3 is 10.1 Å². The van der Waals surface area contributed by atoms with Crippen LogP contribution in [-0.2, 0) is 9.59 Å². The zero-order valence-corrected chi connectivity index (χ0v) is 17.1. The smallest absolute Gasteiger partial charge is 0.247 e. The molecule has 146 valence electrons. The molecule has 1 aliphatic rings. The van der Waals surface area contributed by atoms with Crippen molar-refractivity contribution in [2.75, 3.05) is 23.9 Å². The molecule has 1 N–H and O–H groups in total. The minimum absolute atomic E-state index is 0.123. The summed E-state index contributed by atoms with van der Waals surface area (Å²) in [6.07, 6.45) is 0.123. The highest BCUT2D eigenvalue weighted by atomic mass is 35.5. The maximum Gasteiger partial charge on any atom is 0.247 e. The number of amides is 2. The van der Waals surface area contributed by atoms with Crippen LogP contribution in [0.4, 0.5) is 11.4 Å². The molecule has 0 bridgehead atoms. The van der Waals surface area contributed by atoms with E-state index in [1.54, 1.807) is 43.4 Å². The molecule has 6 nitrogen and oxygen atoms in total. The molecule has 1 fully saturated rings. The SMILES string of the molecule is CCOc1ccc(N2C(=O)C[C@H](SC(=NC)Nc3ccc(Cl)cc3)C2=O)cc1. The van der Waals surface area contributed by atoms with Gasteiger partial charge in [-0.05, 0) is 55.5 Å². The number of nitrogens with zero attached hydrogens (tertiary/aromatic N) is 2. The number of thioether (sulfide) groups is 1. The van der Waals surface area contributed by atoms with Crippen LogP contribution in [0.2, 0.25) is 5.02 Å². The minimum atomic E-state index is -0.530. The van der Waals surface area contributed by atoms with E-state index in [1.807, 2.05) is 19.1 Å². The Kier molecular flexibility index (Phi) is 6.59. The normalized spacial score (nSPS) is 17.2. The maximum atomic E-state index is 12.8. The first-order chi connectivity index (χ1) is 13.5. The highest BCUT2D eigenvalue weighted by Crippen LogP contribution is 2.31. The van der Waals surface area contributed by atoms with Crippen molar-refractivity contribution in [1.82, 2.24) is 0 Å². The average Bonchev–Trinajstić information content (AvgIpc) is 2.97. The number of benzene rings is 2. The number of carbonyl (C=O) groups excluding carboxylic acids is 2. The summed E-state index contributed by atoms with van der Waals surface area (Å²) in [5, 5.41) is 3.81. The second-order valence-electron chi connectivity index (χ2n) is 5.97. The van der Waals surface area contributed by atoms with Crippen molar-refractivity contribution in [3.63, 3.8) is 0 Å². The summed E-state index contributed by atoms with van der Waals surface area (Å²) in [6.45, 7) is 2.45. The summed E-state index contributed by atoms with van der Waals surface area (Å²) in [5.74, 6) is 0.218. The van der Waals surface area contributed by atoms with Gasteiger partial charge in [-0.15, -0.1) is 0 Å². The predicted molar refractivity (Wildman–Crippen MR) is 115 cm³/mol. The number of ether oxygens (including phenoxy) is 1. The lowest BCUT2D eigenvalue weighted by Crippen LogP contribution is -2.31. The van der Waals surface area contributed by atoms with Gasteiger partial charge in [0.25, 0.3) is 0 Å². The summed E-state index contributed by atoms with van der Waals surface area (Å²) in [5.41, 5.74) is 1.35. The molecule has 3 rings (SSSR count). The van der Waals surface area contributed by atoms with Gasteiger partial charge in [-0.1, -0.05) is 23.4 Å². The molecule has 8 heteroatoms. The molecular weight excluding hydrogens is 398 g/mol. The molecule has 0 radical (unpaired) electrons. The lowest BCUT2D eigenvalue weighted by Gasteiger charge is -2.16. The van der Waals surface area contributed by atoms with Crippen LogP contribution in [0.5, 0.6) is 5.75 Å². The minimum Gasteiger partial charge on any atom is -0.494 e. The van der Waals surface area contributed by atoms with Crippen LogP contribution < -0.4 is 15.0 Å². The van der Waals surface area contributed by atoms with E-state index in [0.29, 0.717) is 28.2 Å². The van der Waals surface area contributed by atoms with Gasteiger partial charge >= 0.3 is 0 Å². The molecule has 0 saturated carbocycles. The third kappa shape index (κ3) is 4.66. The van der Waals surface area contributed by atoms with Crippen molar-refractivity contribution >= 4 is 51.7 Å². The molecule has 2 aromatic rings. The zero-order valence-electron chi connectivity index (χ0n) is 15.5. The number of hydrogen-bond donors (Lipinski definition) is 1. The Balaban J connectivity index is 1.69. The van der Waals surface area contributed by atoms with E-state index in [-0.39, 0.29) is 18.2 Å². The van der Waals surface area contributed by atoms with Gasteiger partial charge in [0.1, 0.15) is 11.0 Å². The second-order valence-corrected chi connectivity index (χ2v) is 7.59. The fraction of sp³-hybridized carbons (Fsp3) is 0.250. The number of anilines is 2. The van der Waals surface area contributed by atoms with Crippen LogP contribution in [0, 0.1) is 0 Å². The molecule has 1 aliphatic heterocycles. The van der Waals surface area contributed by atoms with E-state index in [9.17, 15) is 9.59 Å². The van der Waals surface area contributed by atoms with Crippen molar-refractivity contribution in [3.05, 3.63) is 53.6 Å². The number of hydrogen-bond acceptors (Lipinski definition) is 5. The molecule has 0 aromatic heterocycles. The number of amidine groups is 1. The quantitative estimate of drug-likeness (QED) is 0.448. The molecule has 2 amide bonds. The molecule has 0 spiro atoms. The molecule has 1 atom stereocenters. The lowest BCUT2D eigenvalue weighted by molar-refractivity contribution is -0.121. The average molecular weight is 418 g/mol. The number of aliphatic imine (C=N–C) groups is 1. The zero-order chi connectivity index (χ0) is 20.1. The maximum absolute atomic E-state index is 12.8. The number of rotatable bonds is 5. The monoisotopic (exact) mass is 417 g/mol. The van der Waals surface area contributed by atoms with Crippen molar-refractivity contribution in [2.24, 2.45) is 4.99 Å². The van der Waals surface area contributed by atoms with Crippen LogP contribution in [0.25, 0.3) is 0 Å². The van der Waals surface area contributed by atoms with Crippen LogP contribution in [0.15, 0.2) is 53.5 Å². The summed E-state index contributed by atoms with van der Waals surface area (Å²) in [6, 6.07) is 14.1. The van der Waals surface area contributed by atoms with Crippen LogP contribution in [-0.4, -0.2) is 35.9 Å². The molecule has 1 saturated heterocycles. The highest BCUT2D eigenvalue weighted by molar-refractivity contribution is 8.15. The van der Waals surface area contributed by atoms with Crippen molar-refractivity contribution in [3.8, 4) is 5.75 Å². The second kappa shape index (κ2) is 9.12. The van der Waals surface area contributed by atoms with Gasteiger partial charge in [-0.3, -0.25) is 14.6 Å². The molecule has 0 aliphatic carbocycles. The van der Waals surface area contributed by atoms with E-state index in [1.165, 1.54) is 16.7 Å². The number of nitrogens with one attached hydrogen (secondary N) is 1. The largest absolute Gasteiger partial charge is 0.494 e. The van der Waals surface area contributed by atoms with Crippen molar-refractivity contribution < 1.29 is 14.3 Å². The Morgan fingerprint density at radius 1 is 1.21 bits per heavy atom. The fourth-order valence-electron chi connectivity index (χ4n) is 2.76. The van der Waals surface area contributed by atoms with Crippen LogP contribution in [0.3, 0.4) is 0 Å². The van der Waals surface area contributed by atoms with Gasteiger partial charge in [-0.25, -0.2) is 4.90 Å². The predicted octanol–water partition coefficient (Wildman–Crippen LogP) is 4.20. The first-order valence-corrected chi connectivity index (χ1v) is 10.0. The Labute approximate surface area is 172 Å². The Hall–Kier alpha value is -2.51. The summed E-state index contributed by atoms with van der Waals surface area (Å²) < 4.78 is 5.40. The lowest BCUT2D eigenvalue weighted by atomic mass is 10.3. The third-order valence-corrected chi connectivity index (χ3v) is 5.48. The topological polar surface area (TPSA) is 71.0 Å². The van der Waals surface area contributed by atoms with E-state index < -0.39 is 5.25 Å². The number of carbonyl (C=O) groups is 2. The van der Waals surface area contributed by atoms with Gasteiger partial charge in [-0.2, -0.15) is 0 Å². The Morgan fingerprint density at radius 2 is 1.89 bits per heavy atom. The van der Waals surface area contributed by atoms with Crippen molar-refractivity contribution in [1.29, 1.82) is 0 Å². The first kappa shape index (κ1) is 20.2. The molecule has 28 heavy (non-hydrogen) atoms. The third-order valence-electron chi connectivity index (χ3n) is 4.06. The standard InChI is InChI=1S/C20H20ClN3O3S/c1-3-27-16-10-8-15(9-11-16)24-18(25)12-17(19(24)26)28-20(22-2)23-14-6-4-13(21)5-7-14/h4-11,17H,3,12H2,1-2H3,(H,22,23)/t17-/m0/s1. The van der Waals surface area contributed by atoms with Gasteiger partial charge in [0.2, 0.25) is 11.8 Å². The van der Waals surface area contributed by atoms with Crippen LogP contribution in [0.1, 0.15) is 13.3 Å². The van der Waals surface area contributed by atoms with Crippen molar-refractivity contribution in [2.45, 2.75) is 18.6 Å².